The molecule has 3 N–H and O–H groups in total. The van der Waals surface area contributed by atoms with E-state index < -0.39 is 6.10 Å². The molecule has 0 aliphatic carbocycles. The van der Waals surface area contributed by atoms with Crippen molar-refractivity contribution in [3.8, 4) is 0 Å². The molecule has 1 rings (SSSR count). The van der Waals surface area contributed by atoms with Crippen molar-refractivity contribution < 1.29 is 14.6 Å². The van der Waals surface area contributed by atoms with Gasteiger partial charge in [0.2, 0.25) is 0 Å². The minimum absolute atomic E-state index is 0.0234. The fourth-order valence-electron chi connectivity index (χ4n) is 2.59. The molecule has 1 aliphatic heterocycles. The summed E-state index contributed by atoms with van der Waals surface area (Å²) in [7, 11) is 1.65. The molecule has 5 heteroatoms. The molecule has 114 valence electrons. The molecular weight excluding hydrogens is 244 g/mol. The molecule has 1 fully saturated rings. The van der Waals surface area contributed by atoms with Gasteiger partial charge in [0, 0.05) is 26.2 Å². The van der Waals surface area contributed by atoms with Gasteiger partial charge < -0.3 is 20.3 Å². The van der Waals surface area contributed by atoms with Gasteiger partial charge in [-0.25, -0.2) is 0 Å². The van der Waals surface area contributed by atoms with E-state index in [1.807, 2.05) is 6.92 Å². The van der Waals surface area contributed by atoms with E-state index in [4.69, 9.17) is 15.2 Å². The van der Waals surface area contributed by atoms with Crippen LogP contribution < -0.4 is 5.73 Å². The number of aliphatic hydroxyl groups excluding tert-OH is 1. The van der Waals surface area contributed by atoms with Crippen LogP contribution in [-0.4, -0.2) is 68.2 Å². The van der Waals surface area contributed by atoms with Crippen LogP contribution in [0.25, 0.3) is 0 Å². The predicted molar refractivity (Wildman–Crippen MR) is 76.1 cm³/mol. The zero-order valence-electron chi connectivity index (χ0n) is 12.5. The maximum Gasteiger partial charge on any atom is 0.0900 e. The zero-order chi connectivity index (χ0) is 14.3. The molecule has 4 atom stereocenters. The van der Waals surface area contributed by atoms with Crippen molar-refractivity contribution >= 4 is 0 Å². The number of likely N-dealkylation sites (tertiary alicyclic amines) is 1. The number of ether oxygens (including phenoxy) is 2. The number of rotatable bonds is 8. The van der Waals surface area contributed by atoms with Crippen LogP contribution in [0.15, 0.2) is 0 Å². The monoisotopic (exact) mass is 274 g/mol. The highest BCUT2D eigenvalue weighted by Crippen LogP contribution is 2.21. The van der Waals surface area contributed by atoms with Gasteiger partial charge in [0.25, 0.3) is 0 Å². The van der Waals surface area contributed by atoms with E-state index in [0.29, 0.717) is 31.7 Å². The second kappa shape index (κ2) is 8.87. The summed E-state index contributed by atoms with van der Waals surface area (Å²) in [5.74, 6) is 0.566. The number of aliphatic hydroxyl groups is 1. The predicted octanol–water partition coefficient (Wildman–Crippen LogP) is 0.458. The maximum atomic E-state index is 10.1. The minimum Gasteiger partial charge on any atom is -0.389 e. The molecular formula is C14H30N2O3. The van der Waals surface area contributed by atoms with Gasteiger partial charge in [0.15, 0.2) is 0 Å². The second-order valence-corrected chi connectivity index (χ2v) is 5.74. The lowest BCUT2D eigenvalue weighted by Gasteiger charge is -2.38. The second-order valence-electron chi connectivity index (χ2n) is 5.74. The number of methoxy groups -OCH3 is 1. The fourth-order valence-corrected chi connectivity index (χ4v) is 2.59. The smallest absolute Gasteiger partial charge is 0.0900 e. The van der Waals surface area contributed by atoms with E-state index in [0.717, 1.165) is 19.5 Å². The first-order valence-corrected chi connectivity index (χ1v) is 7.29. The first-order valence-electron chi connectivity index (χ1n) is 7.29. The highest BCUT2D eigenvalue weighted by Gasteiger charge is 2.26. The summed E-state index contributed by atoms with van der Waals surface area (Å²) >= 11 is 0. The van der Waals surface area contributed by atoms with Crippen LogP contribution in [0.5, 0.6) is 0 Å². The van der Waals surface area contributed by atoms with Crippen molar-refractivity contribution in [1.82, 2.24) is 4.90 Å². The molecule has 0 radical (unpaired) electrons. The summed E-state index contributed by atoms with van der Waals surface area (Å²) in [6.45, 7) is 7.47. The summed E-state index contributed by atoms with van der Waals surface area (Å²) in [5.41, 5.74) is 5.75. The Morgan fingerprint density at radius 2 is 2.11 bits per heavy atom. The molecule has 4 unspecified atom stereocenters. The Morgan fingerprint density at radius 1 is 1.37 bits per heavy atom. The molecule has 0 aromatic rings. The number of nitrogens with zero attached hydrogens (tertiary/aromatic N) is 1. The number of hydrogen-bond donors (Lipinski definition) is 2. The number of hydrogen-bond acceptors (Lipinski definition) is 5. The minimum atomic E-state index is -0.446. The van der Waals surface area contributed by atoms with Crippen molar-refractivity contribution in [2.24, 2.45) is 11.7 Å². The maximum absolute atomic E-state index is 10.1. The highest BCUT2D eigenvalue weighted by atomic mass is 16.5. The molecule has 5 nitrogen and oxygen atoms in total. The van der Waals surface area contributed by atoms with E-state index in [2.05, 4.69) is 11.8 Å². The number of piperidine rings is 1. The Labute approximate surface area is 117 Å². The molecule has 0 bridgehead atoms. The number of β-amino-alcohol motifs (C(OH)–C–C–N with tert-alkyl or cyclic N) is 1. The Balaban J connectivity index is 2.27. The van der Waals surface area contributed by atoms with Crippen molar-refractivity contribution in [1.29, 1.82) is 0 Å². The Bertz CT molecular complexity index is 241. The first-order chi connectivity index (χ1) is 9.06. The van der Waals surface area contributed by atoms with Crippen molar-refractivity contribution in [3.63, 3.8) is 0 Å². The Morgan fingerprint density at radius 3 is 2.74 bits per heavy atom. The van der Waals surface area contributed by atoms with Gasteiger partial charge in [0.1, 0.15) is 0 Å². The summed E-state index contributed by atoms with van der Waals surface area (Å²) < 4.78 is 10.5. The van der Waals surface area contributed by atoms with Gasteiger partial charge >= 0.3 is 0 Å². The SMILES string of the molecule is COCC(C)OCC(O)CN1CC(CN)CCC1C. The zero-order valence-corrected chi connectivity index (χ0v) is 12.5. The van der Waals surface area contributed by atoms with E-state index >= 15 is 0 Å². The lowest BCUT2D eigenvalue weighted by Crippen LogP contribution is -2.47. The molecule has 1 aliphatic rings. The summed E-state index contributed by atoms with van der Waals surface area (Å²) in [6, 6.07) is 0.522. The van der Waals surface area contributed by atoms with Crippen LogP contribution in [0.1, 0.15) is 26.7 Å². The van der Waals surface area contributed by atoms with Crippen LogP contribution in [0.3, 0.4) is 0 Å². The first kappa shape index (κ1) is 16.9. The normalized spacial score (nSPS) is 28.3. The van der Waals surface area contributed by atoms with Gasteiger partial charge in [-0.3, -0.25) is 4.90 Å². The molecule has 1 heterocycles. The van der Waals surface area contributed by atoms with Crippen molar-refractivity contribution in [2.45, 2.75) is 44.9 Å². The standard InChI is InChI=1S/C14H30N2O3/c1-11-4-5-13(6-15)7-16(11)8-14(17)10-19-12(2)9-18-3/h11-14,17H,4-10,15H2,1-3H3. The van der Waals surface area contributed by atoms with E-state index in [1.165, 1.54) is 6.42 Å². The van der Waals surface area contributed by atoms with Crippen LogP contribution in [0.2, 0.25) is 0 Å². The van der Waals surface area contributed by atoms with Crippen LogP contribution in [-0.2, 0) is 9.47 Å². The van der Waals surface area contributed by atoms with Gasteiger partial charge in [-0.1, -0.05) is 0 Å². The molecule has 0 spiro atoms. The lowest BCUT2D eigenvalue weighted by molar-refractivity contribution is -0.0465. The van der Waals surface area contributed by atoms with Crippen LogP contribution in [0, 0.1) is 5.92 Å². The topological polar surface area (TPSA) is 68.0 Å². The average Bonchev–Trinajstić information content (AvgIpc) is 2.39. The third kappa shape index (κ3) is 6.19. The van der Waals surface area contributed by atoms with E-state index in [-0.39, 0.29) is 6.10 Å². The molecule has 1 saturated heterocycles. The molecule has 0 amide bonds. The molecule has 0 saturated carbocycles. The molecule has 0 aromatic carbocycles. The van der Waals surface area contributed by atoms with Crippen LogP contribution >= 0.6 is 0 Å². The summed E-state index contributed by atoms with van der Waals surface area (Å²) in [6.07, 6.45) is 1.94. The average molecular weight is 274 g/mol. The van der Waals surface area contributed by atoms with Crippen LogP contribution in [0.4, 0.5) is 0 Å². The Hall–Kier alpha value is -0.200. The Kier molecular flexibility index (Phi) is 7.87. The largest absolute Gasteiger partial charge is 0.389 e. The van der Waals surface area contributed by atoms with Crippen molar-refractivity contribution in [3.05, 3.63) is 0 Å². The fraction of sp³-hybridized carbons (Fsp3) is 1.00. The van der Waals surface area contributed by atoms with Gasteiger partial charge in [-0.05, 0) is 39.2 Å². The molecule has 0 aromatic heterocycles. The van der Waals surface area contributed by atoms with Gasteiger partial charge in [-0.2, -0.15) is 0 Å². The quantitative estimate of drug-likeness (QED) is 0.673. The third-order valence-electron chi connectivity index (χ3n) is 3.86. The van der Waals surface area contributed by atoms with Gasteiger partial charge in [0.05, 0.1) is 25.4 Å². The van der Waals surface area contributed by atoms with E-state index in [1.54, 1.807) is 7.11 Å². The third-order valence-corrected chi connectivity index (χ3v) is 3.86. The highest BCUT2D eigenvalue weighted by molar-refractivity contribution is 4.81. The van der Waals surface area contributed by atoms with Gasteiger partial charge in [-0.15, -0.1) is 0 Å². The number of nitrogens with two attached hydrogens (primary N) is 1. The lowest BCUT2D eigenvalue weighted by atomic mass is 9.93. The summed E-state index contributed by atoms with van der Waals surface area (Å²) in [4.78, 5) is 2.33. The van der Waals surface area contributed by atoms with E-state index in [9.17, 15) is 5.11 Å². The van der Waals surface area contributed by atoms with Crippen molar-refractivity contribution in [2.75, 3.05) is 40.0 Å². The molecule has 19 heavy (non-hydrogen) atoms. The summed E-state index contributed by atoms with van der Waals surface area (Å²) in [5, 5.41) is 10.1.